The van der Waals surface area contributed by atoms with E-state index in [0.717, 1.165) is 23.2 Å². The quantitative estimate of drug-likeness (QED) is 0.858. The molecule has 22 heavy (non-hydrogen) atoms. The van der Waals surface area contributed by atoms with Gasteiger partial charge in [-0.2, -0.15) is 0 Å². The van der Waals surface area contributed by atoms with Crippen LogP contribution in [0.5, 0.6) is 0 Å². The molecule has 0 aromatic heterocycles. The fraction of sp³-hybridized carbons (Fsp3) is 0.278. The van der Waals surface area contributed by atoms with E-state index >= 15 is 0 Å². The largest absolute Gasteiger partial charge is 0.351 e. The van der Waals surface area contributed by atoms with Crippen molar-refractivity contribution >= 4 is 5.91 Å². The molecule has 4 heteroatoms. The molecule has 0 saturated heterocycles. The first-order valence-corrected chi connectivity index (χ1v) is 7.42. The second-order valence-electron chi connectivity index (χ2n) is 5.54. The Morgan fingerprint density at radius 1 is 1.09 bits per heavy atom. The summed E-state index contributed by atoms with van der Waals surface area (Å²) in [6.07, 6.45) is 0. The Kier molecular flexibility index (Phi) is 5.69. The summed E-state index contributed by atoms with van der Waals surface area (Å²) in [6, 6.07) is 15.7. The van der Waals surface area contributed by atoms with Gasteiger partial charge in [-0.3, -0.25) is 4.79 Å². The van der Waals surface area contributed by atoms with E-state index in [2.05, 4.69) is 11.4 Å². The number of hydrogen-bond acceptors (Lipinski definition) is 3. The van der Waals surface area contributed by atoms with E-state index < -0.39 is 0 Å². The zero-order chi connectivity index (χ0) is 15.9. The molecule has 0 radical (unpaired) electrons. The van der Waals surface area contributed by atoms with Crippen LogP contribution in [-0.2, 0) is 6.54 Å². The highest BCUT2D eigenvalue weighted by atomic mass is 16.1. The third-order valence-electron chi connectivity index (χ3n) is 3.47. The molecule has 0 unspecified atom stereocenters. The van der Waals surface area contributed by atoms with Gasteiger partial charge in [0.15, 0.2) is 0 Å². The first kappa shape index (κ1) is 16.2. The predicted octanol–water partition coefficient (Wildman–Crippen LogP) is 2.10. The van der Waals surface area contributed by atoms with Crippen LogP contribution < -0.4 is 11.1 Å². The maximum Gasteiger partial charge on any atom is 0.251 e. The van der Waals surface area contributed by atoms with Crippen LogP contribution in [0.15, 0.2) is 48.5 Å². The van der Waals surface area contributed by atoms with Crippen LogP contribution in [0, 0.1) is 0 Å². The van der Waals surface area contributed by atoms with Crippen molar-refractivity contribution < 1.29 is 4.79 Å². The third-order valence-corrected chi connectivity index (χ3v) is 3.47. The zero-order valence-corrected chi connectivity index (χ0v) is 13.2. The summed E-state index contributed by atoms with van der Waals surface area (Å²) in [5.41, 5.74) is 9.54. The molecule has 0 atom stereocenters. The summed E-state index contributed by atoms with van der Waals surface area (Å²) in [4.78, 5) is 14.2. The van der Waals surface area contributed by atoms with Gasteiger partial charge in [-0.25, -0.2) is 0 Å². The molecule has 0 saturated carbocycles. The van der Waals surface area contributed by atoms with Gasteiger partial charge in [0.1, 0.15) is 0 Å². The molecule has 1 amide bonds. The van der Waals surface area contributed by atoms with Gasteiger partial charge in [0.05, 0.1) is 0 Å². The van der Waals surface area contributed by atoms with Gasteiger partial charge in [0.2, 0.25) is 0 Å². The molecule has 4 nitrogen and oxygen atoms in total. The van der Waals surface area contributed by atoms with Crippen LogP contribution in [-0.4, -0.2) is 38.0 Å². The molecule has 0 fully saturated rings. The van der Waals surface area contributed by atoms with Crippen molar-refractivity contribution in [3.8, 4) is 11.1 Å². The van der Waals surface area contributed by atoms with Gasteiger partial charge in [-0.15, -0.1) is 0 Å². The molecule has 2 aromatic rings. The highest BCUT2D eigenvalue weighted by molar-refractivity contribution is 5.95. The van der Waals surface area contributed by atoms with Gasteiger partial charge < -0.3 is 16.0 Å². The van der Waals surface area contributed by atoms with E-state index in [-0.39, 0.29) is 5.91 Å². The summed E-state index contributed by atoms with van der Waals surface area (Å²) in [7, 11) is 3.97. The first-order chi connectivity index (χ1) is 10.6. The van der Waals surface area contributed by atoms with Crippen LogP contribution in [0.3, 0.4) is 0 Å². The first-order valence-electron chi connectivity index (χ1n) is 7.42. The van der Waals surface area contributed by atoms with Crippen LogP contribution >= 0.6 is 0 Å². The monoisotopic (exact) mass is 297 g/mol. The van der Waals surface area contributed by atoms with E-state index in [9.17, 15) is 4.79 Å². The van der Waals surface area contributed by atoms with Crippen LogP contribution in [0.1, 0.15) is 15.9 Å². The number of benzene rings is 2. The molecule has 0 aliphatic rings. The fourth-order valence-corrected chi connectivity index (χ4v) is 2.21. The summed E-state index contributed by atoms with van der Waals surface area (Å²) < 4.78 is 0. The lowest BCUT2D eigenvalue weighted by atomic mass is 10.0. The molecular weight excluding hydrogens is 274 g/mol. The van der Waals surface area contributed by atoms with Gasteiger partial charge >= 0.3 is 0 Å². The average Bonchev–Trinajstić information content (AvgIpc) is 2.54. The highest BCUT2D eigenvalue weighted by Crippen LogP contribution is 2.21. The molecular formula is C18H23N3O. The number of rotatable bonds is 6. The molecule has 0 bridgehead atoms. The second-order valence-corrected chi connectivity index (χ2v) is 5.54. The summed E-state index contributed by atoms with van der Waals surface area (Å²) in [6.45, 7) is 1.97. The minimum Gasteiger partial charge on any atom is -0.351 e. The van der Waals surface area contributed by atoms with Crippen molar-refractivity contribution in [1.29, 1.82) is 0 Å². The Morgan fingerprint density at radius 2 is 1.77 bits per heavy atom. The number of carbonyl (C=O) groups excluding carboxylic acids is 1. The molecule has 0 heterocycles. The van der Waals surface area contributed by atoms with Crippen molar-refractivity contribution in [3.05, 3.63) is 59.7 Å². The lowest BCUT2D eigenvalue weighted by Gasteiger charge is -2.11. The zero-order valence-electron chi connectivity index (χ0n) is 13.2. The molecule has 3 N–H and O–H groups in total. The number of amides is 1. The molecule has 0 spiro atoms. The number of nitrogens with two attached hydrogens (primary N) is 1. The van der Waals surface area contributed by atoms with Crippen LogP contribution in [0.2, 0.25) is 0 Å². The summed E-state index contributed by atoms with van der Waals surface area (Å²) >= 11 is 0. The Morgan fingerprint density at radius 3 is 2.45 bits per heavy atom. The van der Waals surface area contributed by atoms with Crippen molar-refractivity contribution in [3.63, 3.8) is 0 Å². The Labute approximate surface area is 131 Å². The maximum atomic E-state index is 12.2. The second kappa shape index (κ2) is 7.73. The van der Waals surface area contributed by atoms with Crippen molar-refractivity contribution in [2.45, 2.75) is 6.54 Å². The molecule has 0 aliphatic heterocycles. The number of carbonyl (C=O) groups is 1. The lowest BCUT2D eigenvalue weighted by Crippen LogP contribution is -2.31. The molecule has 2 rings (SSSR count). The summed E-state index contributed by atoms with van der Waals surface area (Å²) in [5, 5.41) is 2.93. The maximum absolute atomic E-state index is 12.2. The molecule has 116 valence electrons. The number of nitrogens with zero attached hydrogens (tertiary/aromatic N) is 1. The van der Waals surface area contributed by atoms with Gasteiger partial charge in [-0.1, -0.05) is 30.3 Å². The van der Waals surface area contributed by atoms with E-state index in [0.29, 0.717) is 18.7 Å². The Balaban J connectivity index is 2.13. The highest BCUT2D eigenvalue weighted by Gasteiger charge is 2.07. The van der Waals surface area contributed by atoms with Crippen LogP contribution in [0.4, 0.5) is 0 Å². The Hall–Kier alpha value is -2.17. The van der Waals surface area contributed by atoms with Crippen molar-refractivity contribution in [2.24, 2.45) is 5.73 Å². The van der Waals surface area contributed by atoms with E-state index in [4.69, 9.17) is 5.73 Å². The lowest BCUT2D eigenvalue weighted by molar-refractivity contribution is 0.0951. The van der Waals surface area contributed by atoms with E-state index in [1.54, 1.807) is 0 Å². The SMILES string of the molecule is CN(C)CCNC(=O)c1cccc(-c2cccc(CN)c2)c1. The van der Waals surface area contributed by atoms with Gasteiger partial charge in [0.25, 0.3) is 5.91 Å². The fourth-order valence-electron chi connectivity index (χ4n) is 2.21. The van der Waals surface area contributed by atoms with E-state index in [1.807, 2.05) is 61.5 Å². The summed E-state index contributed by atoms with van der Waals surface area (Å²) in [5.74, 6) is -0.0429. The predicted molar refractivity (Wildman–Crippen MR) is 90.7 cm³/mol. The minimum absolute atomic E-state index is 0.0429. The third kappa shape index (κ3) is 4.41. The average molecular weight is 297 g/mol. The standard InChI is InChI=1S/C18H23N3O/c1-21(2)10-9-20-18(22)17-8-4-7-16(12-17)15-6-3-5-14(11-15)13-19/h3-8,11-12H,9-10,13,19H2,1-2H3,(H,20,22). The minimum atomic E-state index is -0.0429. The topological polar surface area (TPSA) is 58.4 Å². The van der Waals surface area contributed by atoms with Crippen molar-refractivity contribution in [1.82, 2.24) is 10.2 Å². The van der Waals surface area contributed by atoms with Crippen molar-refractivity contribution in [2.75, 3.05) is 27.2 Å². The van der Waals surface area contributed by atoms with Gasteiger partial charge in [-0.05, 0) is 49.0 Å². The Bertz CT molecular complexity index is 638. The normalized spacial score (nSPS) is 10.7. The number of hydrogen-bond donors (Lipinski definition) is 2. The smallest absolute Gasteiger partial charge is 0.251 e. The van der Waals surface area contributed by atoms with Crippen LogP contribution in [0.25, 0.3) is 11.1 Å². The number of likely N-dealkylation sites (N-methyl/N-ethyl adjacent to an activating group) is 1. The number of nitrogens with one attached hydrogen (secondary N) is 1. The molecule has 2 aromatic carbocycles. The van der Waals surface area contributed by atoms with E-state index in [1.165, 1.54) is 0 Å². The molecule has 0 aliphatic carbocycles. The van der Waals surface area contributed by atoms with Gasteiger partial charge in [0, 0.05) is 25.2 Å².